The minimum Gasteiger partial charge on any atom is -0.478 e. The summed E-state index contributed by atoms with van der Waals surface area (Å²) in [6, 6.07) is 4.06. The summed E-state index contributed by atoms with van der Waals surface area (Å²) < 4.78 is 30.0. The van der Waals surface area contributed by atoms with Gasteiger partial charge in [-0.15, -0.1) is 0 Å². The standard InChI is InChI=1S/C12H15BrO5S/c1-8(2)18-5-6-19(16,17)11-7-9(13)3-4-10(11)12(14)15/h3-4,7-8H,5-6H2,1-2H3,(H,14,15). The summed E-state index contributed by atoms with van der Waals surface area (Å²) in [5.74, 6) is -1.52. The van der Waals surface area contributed by atoms with Crippen molar-refractivity contribution in [1.82, 2.24) is 0 Å². The van der Waals surface area contributed by atoms with E-state index in [1.165, 1.54) is 18.2 Å². The van der Waals surface area contributed by atoms with Crippen molar-refractivity contribution in [3.8, 4) is 0 Å². The molecule has 0 saturated heterocycles. The number of halogens is 1. The number of hydrogen-bond donors (Lipinski definition) is 1. The van der Waals surface area contributed by atoms with Crippen LogP contribution in [0.5, 0.6) is 0 Å². The van der Waals surface area contributed by atoms with Crippen LogP contribution >= 0.6 is 15.9 Å². The fourth-order valence-corrected chi connectivity index (χ4v) is 3.28. The van der Waals surface area contributed by atoms with Crippen molar-refractivity contribution in [1.29, 1.82) is 0 Å². The van der Waals surface area contributed by atoms with Crippen LogP contribution in [0.4, 0.5) is 0 Å². The maximum absolute atomic E-state index is 12.1. The number of carboxylic acid groups (broad SMARTS) is 1. The molecule has 1 rings (SSSR count). The van der Waals surface area contributed by atoms with E-state index in [4.69, 9.17) is 9.84 Å². The monoisotopic (exact) mass is 350 g/mol. The molecule has 106 valence electrons. The van der Waals surface area contributed by atoms with Crippen molar-refractivity contribution < 1.29 is 23.1 Å². The Kier molecular flexibility index (Phi) is 5.51. The number of carbonyl (C=O) groups is 1. The molecule has 1 aromatic rings. The molecule has 0 aliphatic heterocycles. The Morgan fingerprint density at radius 2 is 2.05 bits per heavy atom. The molecule has 7 heteroatoms. The van der Waals surface area contributed by atoms with E-state index in [-0.39, 0.29) is 28.9 Å². The zero-order valence-corrected chi connectivity index (χ0v) is 13.0. The lowest BCUT2D eigenvalue weighted by atomic mass is 10.2. The second kappa shape index (κ2) is 6.49. The van der Waals surface area contributed by atoms with Crippen LogP contribution in [0.1, 0.15) is 24.2 Å². The SMILES string of the molecule is CC(C)OCCS(=O)(=O)c1cc(Br)ccc1C(=O)O. The average Bonchev–Trinajstić information content (AvgIpc) is 2.27. The maximum atomic E-state index is 12.1. The lowest BCUT2D eigenvalue weighted by molar-refractivity contribution is 0.0692. The Morgan fingerprint density at radius 1 is 1.42 bits per heavy atom. The van der Waals surface area contributed by atoms with Crippen LogP contribution in [-0.4, -0.2) is 38.0 Å². The molecule has 19 heavy (non-hydrogen) atoms. The van der Waals surface area contributed by atoms with Crippen LogP contribution in [0.25, 0.3) is 0 Å². The molecule has 5 nitrogen and oxygen atoms in total. The van der Waals surface area contributed by atoms with Crippen molar-refractivity contribution in [2.75, 3.05) is 12.4 Å². The second-order valence-electron chi connectivity index (χ2n) is 4.18. The van der Waals surface area contributed by atoms with Gasteiger partial charge in [0.1, 0.15) is 0 Å². The highest BCUT2D eigenvalue weighted by molar-refractivity contribution is 9.10. The molecule has 0 saturated carbocycles. The van der Waals surface area contributed by atoms with Crippen molar-refractivity contribution in [2.45, 2.75) is 24.8 Å². The minimum atomic E-state index is -3.69. The van der Waals surface area contributed by atoms with Crippen LogP contribution in [-0.2, 0) is 14.6 Å². The number of sulfone groups is 1. The lowest BCUT2D eigenvalue weighted by Crippen LogP contribution is -2.17. The van der Waals surface area contributed by atoms with E-state index in [0.29, 0.717) is 4.47 Å². The zero-order chi connectivity index (χ0) is 14.6. The molecule has 0 aromatic heterocycles. The van der Waals surface area contributed by atoms with Gasteiger partial charge in [-0.25, -0.2) is 13.2 Å². The van der Waals surface area contributed by atoms with Crippen molar-refractivity contribution >= 4 is 31.7 Å². The molecule has 0 bridgehead atoms. The highest BCUT2D eigenvalue weighted by atomic mass is 79.9. The zero-order valence-electron chi connectivity index (χ0n) is 10.6. The van der Waals surface area contributed by atoms with Crippen LogP contribution in [0.3, 0.4) is 0 Å². The summed E-state index contributed by atoms with van der Waals surface area (Å²) in [5, 5.41) is 9.02. The van der Waals surface area contributed by atoms with Crippen molar-refractivity contribution in [3.63, 3.8) is 0 Å². The normalized spacial score (nSPS) is 11.8. The number of hydrogen-bond acceptors (Lipinski definition) is 4. The largest absolute Gasteiger partial charge is 0.478 e. The maximum Gasteiger partial charge on any atom is 0.337 e. The average molecular weight is 351 g/mol. The number of benzene rings is 1. The molecule has 0 unspecified atom stereocenters. The Bertz CT molecular complexity index is 565. The predicted molar refractivity (Wildman–Crippen MR) is 74.2 cm³/mol. The molecular formula is C12H15BrO5S. The van der Waals surface area contributed by atoms with E-state index < -0.39 is 15.8 Å². The summed E-state index contributed by atoms with van der Waals surface area (Å²) >= 11 is 3.14. The van der Waals surface area contributed by atoms with Gasteiger partial charge in [-0.2, -0.15) is 0 Å². The van der Waals surface area contributed by atoms with E-state index in [1.54, 1.807) is 13.8 Å². The summed E-state index contributed by atoms with van der Waals surface area (Å²) in [7, 11) is -3.69. The van der Waals surface area contributed by atoms with E-state index in [9.17, 15) is 13.2 Å². The predicted octanol–water partition coefficient (Wildman–Crippen LogP) is 2.35. The molecule has 0 spiro atoms. The van der Waals surface area contributed by atoms with Gasteiger partial charge >= 0.3 is 5.97 Å². The van der Waals surface area contributed by atoms with Gasteiger partial charge in [-0.3, -0.25) is 0 Å². The Morgan fingerprint density at radius 3 is 2.58 bits per heavy atom. The molecule has 0 radical (unpaired) electrons. The number of rotatable bonds is 6. The molecule has 0 atom stereocenters. The molecule has 0 amide bonds. The summed E-state index contributed by atoms with van der Waals surface area (Å²) in [5.41, 5.74) is -0.229. The van der Waals surface area contributed by atoms with Crippen LogP contribution in [0, 0.1) is 0 Å². The first-order valence-electron chi connectivity index (χ1n) is 5.61. The van der Waals surface area contributed by atoms with Crippen LogP contribution < -0.4 is 0 Å². The first-order chi connectivity index (χ1) is 8.74. The van der Waals surface area contributed by atoms with E-state index in [0.717, 1.165) is 0 Å². The highest BCUT2D eigenvalue weighted by Crippen LogP contribution is 2.22. The molecule has 1 aromatic carbocycles. The quantitative estimate of drug-likeness (QED) is 0.851. The molecule has 0 heterocycles. The molecule has 0 aliphatic rings. The number of aromatic carboxylic acids is 1. The summed E-state index contributed by atoms with van der Waals surface area (Å²) in [4.78, 5) is 10.9. The second-order valence-corrected chi connectivity index (χ2v) is 7.18. The van der Waals surface area contributed by atoms with E-state index in [1.807, 2.05) is 0 Å². The van der Waals surface area contributed by atoms with Gasteiger partial charge in [0.15, 0.2) is 9.84 Å². The fraction of sp³-hybridized carbons (Fsp3) is 0.417. The number of carboxylic acids is 1. The Balaban J connectivity index is 3.06. The number of ether oxygens (including phenoxy) is 1. The first kappa shape index (κ1) is 16.1. The van der Waals surface area contributed by atoms with Crippen LogP contribution in [0.15, 0.2) is 27.6 Å². The molecule has 0 fully saturated rings. The summed E-state index contributed by atoms with van der Waals surface area (Å²) in [6.07, 6.45) is -0.0725. The fourth-order valence-electron chi connectivity index (χ4n) is 1.43. The Hall–Kier alpha value is -0.920. The molecule has 1 N–H and O–H groups in total. The van der Waals surface area contributed by atoms with E-state index in [2.05, 4.69) is 15.9 Å². The third-order valence-electron chi connectivity index (χ3n) is 2.31. The van der Waals surface area contributed by atoms with Crippen molar-refractivity contribution in [2.24, 2.45) is 0 Å². The third kappa shape index (κ3) is 4.59. The first-order valence-corrected chi connectivity index (χ1v) is 8.06. The van der Waals surface area contributed by atoms with Gasteiger partial charge in [-0.1, -0.05) is 15.9 Å². The lowest BCUT2D eigenvalue weighted by Gasteiger charge is -2.10. The van der Waals surface area contributed by atoms with Crippen LogP contribution in [0.2, 0.25) is 0 Å². The highest BCUT2D eigenvalue weighted by Gasteiger charge is 2.22. The van der Waals surface area contributed by atoms with E-state index >= 15 is 0 Å². The molecular weight excluding hydrogens is 336 g/mol. The summed E-state index contributed by atoms with van der Waals surface area (Å²) in [6.45, 7) is 3.63. The van der Waals surface area contributed by atoms with Gasteiger partial charge in [0, 0.05) is 4.47 Å². The van der Waals surface area contributed by atoms with Gasteiger partial charge in [-0.05, 0) is 32.0 Å². The molecule has 0 aliphatic carbocycles. The third-order valence-corrected chi connectivity index (χ3v) is 4.52. The van der Waals surface area contributed by atoms with Gasteiger partial charge in [0.05, 0.1) is 28.9 Å². The Labute approximate surface area is 120 Å². The van der Waals surface area contributed by atoms with Gasteiger partial charge in [0.25, 0.3) is 0 Å². The minimum absolute atomic E-state index is 0.0333. The smallest absolute Gasteiger partial charge is 0.337 e. The van der Waals surface area contributed by atoms with Gasteiger partial charge in [0.2, 0.25) is 0 Å². The van der Waals surface area contributed by atoms with Gasteiger partial charge < -0.3 is 9.84 Å². The van der Waals surface area contributed by atoms with Crippen molar-refractivity contribution in [3.05, 3.63) is 28.2 Å². The topological polar surface area (TPSA) is 80.7 Å².